The smallest absolute Gasteiger partial charge is 0.0451 e. The third-order valence-corrected chi connectivity index (χ3v) is 11.4. The molecule has 0 aliphatic carbocycles. The standard InChI is InChI=1S/C30H18NS2.C14H14N.Ir/c1-18-26(20-15-16-31-23(17-20)19-9-3-2-4-10-19)29-28(22-12-6-8-14-25(22)32-29)30-27(18)21-11-5-7-13-24(21)33-30;1-10-4-6-13(7-5-10)14-8-11(2)12(3)9-15-14;/h2-9,11-17H,1H3;4-6,8-9H,1-3H3;/q2*-1;. The van der Waals surface area contributed by atoms with Gasteiger partial charge in [-0.2, -0.15) is 0 Å². The molecule has 4 heterocycles. The van der Waals surface area contributed by atoms with Crippen molar-refractivity contribution in [2.75, 3.05) is 0 Å². The van der Waals surface area contributed by atoms with E-state index < -0.39 is 0 Å². The maximum atomic E-state index is 4.66. The van der Waals surface area contributed by atoms with Gasteiger partial charge in [-0.1, -0.05) is 61.0 Å². The van der Waals surface area contributed by atoms with E-state index in [1.807, 2.05) is 59.3 Å². The van der Waals surface area contributed by atoms with Gasteiger partial charge in [0.15, 0.2) is 0 Å². The molecule has 0 N–H and O–H groups in total. The number of hydrogen-bond acceptors (Lipinski definition) is 4. The van der Waals surface area contributed by atoms with Crippen LogP contribution in [0.1, 0.15) is 22.3 Å². The zero-order valence-electron chi connectivity index (χ0n) is 27.6. The molecule has 0 spiro atoms. The molecule has 49 heavy (non-hydrogen) atoms. The molecule has 0 unspecified atom stereocenters. The Morgan fingerprint density at radius 1 is 0.592 bits per heavy atom. The average molecular weight is 845 g/mol. The third kappa shape index (κ3) is 6.13. The summed E-state index contributed by atoms with van der Waals surface area (Å²) in [6.07, 6.45) is 3.85. The van der Waals surface area contributed by atoms with Crippen LogP contribution in [0.25, 0.3) is 74.0 Å². The molecule has 241 valence electrons. The van der Waals surface area contributed by atoms with Crippen LogP contribution in [0.15, 0.2) is 122 Å². The van der Waals surface area contributed by atoms with Gasteiger partial charge in [0.2, 0.25) is 0 Å². The Morgan fingerprint density at radius 2 is 1.27 bits per heavy atom. The van der Waals surface area contributed by atoms with Crippen LogP contribution in [0, 0.1) is 39.8 Å². The summed E-state index contributed by atoms with van der Waals surface area (Å²) in [5.41, 5.74) is 11.6. The molecule has 0 atom stereocenters. The quantitative estimate of drug-likeness (QED) is 0.166. The van der Waals surface area contributed by atoms with Crippen LogP contribution in [-0.2, 0) is 20.1 Å². The summed E-state index contributed by atoms with van der Waals surface area (Å²) in [4.78, 5) is 9.07. The molecule has 4 aromatic heterocycles. The molecule has 0 aliphatic heterocycles. The predicted octanol–water partition coefficient (Wildman–Crippen LogP) is 12.7. The molecule has 0 saturated carbocycles. The summed E-state index contributed by atoms with van der Waals surface area (Å²) >= 11 is 3.82. The van der Waals surface area contributed by atoms with Gasteiger partial charge in [-0.05, 0) is 67.0 Å². The van der Waals surface area contributed by atoms with E-state index in [1.165, 1.54) is 73.7 Å². The van der Waals surface area contributed by atoms with Crippen molar-refractivity contribution in [3.05, 3.63) is 156 Å². The number of pyridine rings is 2. The van der Waals surface area contributed by atoms with E-state index >= 15 is 0 Å². The van der Waals surface area contributed by atoms with Crippen LogP contribution in [0.3, 0.4) is 0 Å². The second-order valence-electron chi connectivity index (χ2n) is 12.2. The van der Waals surface area contributed by atoms with E-state index in [0.717, 1.165) is 22.5 Å². The van der Waals surface area contributed by atoms with Crippen LogP contribution >= 0.6 is 22.7 Å². The summed E-state index contributed by atoms with van der Waals surface area (Å²) in [5.74, 6) is 0. The molecule has 9 rings (SSSR count). The number of thiophene rings is 2. The van der Waals surface area contributed by atoms with Gasteiger partial charge in [0.25, 0.3) is 0 Å². The average Bonchev–Trinajstić information content (AvgIpc) is 3.70. The molecule has 1 radical (unpaired) electrons. The summed E-state index contributed by atoms with van der Waals surface area (Å²) < 4.78 is 5.44. The SMILES string of the molecule is Cc1c(-c2ccnc(-c3[c-]cccc3)c2)c2sc3ccccc3c2c2sc3ccccc3c12.Cc1c[c-]c(-c2cc(C)c(C)cn2)cc1.[Ir]. The van der Waals surface area contributed by atoms with E-state index in [9.17, 15) is 0 Å². The Labute approximate surface area is 308 Å². The number of hydrogen-bond donors (Lipinski definition) is 0. The fourth-order valence-corrected chi connectivity index (χ4v) is 9.13. The van der Waals surface area contributed by atoms with Gasteiger partial charge in [0, 0.05) is 78.4 Å². The summed E-state index contributed by atoms with van der Waals surface area (Å²) in [6, 6.07) is 44.9. The van der Waals surface area contributed by atoms with E-state index in [0.29, 0.717) is 0 Å². The van der Waals surface area contributed by atoms with Crippen LogP contribution in [0.4, 0.5) is 0 Å². The van der Waals surface area contributed by atoms with Crippen molar-refractivity contribution in [3.63, 3.8) is 0 Å². The molecule has 2 nitrogen and oxygen atoms in total. The minimum absolute atomic E-state index is 0. The van der Waals surface area contributed by atoms with E-state index in [4.69, 9.17) is 0 Å². The zero-order valence-corrected chi connectivity index (χ0v) is 31.6. The summed E-state index contributed by atoms with van der Waals surface area (Å²) in [7, 11) is 0. The van der Waals surface area contributed by atoms with Gasteiger partial charge in [0.05, 0.1) is 0 Å². The Kier molecular flexibility index (Phi) is 9.28. The largest absolute Gasteiger partial charge is 0.305 e. The third-order valence-electron chi connectivity index (χ3n) is 9.05. The van der Waals surface area contributed by atoms with Crippen LogP contribution in [0.5, 0.6) is 0 Å². The topological polar surface area (TPSA) is 25.8 Å². The molecular formula is C44H32IrN2S2-2. The monoisotopic (exact) mass is 845 g/mol. The molecule has 0 aliphatic rings. The van der Waals surface area contributed by atoms with Crippen LogP contribution < -0.4 is 0 Å². The number of nitrogens with zero attached hydrogens (tertiary/aromatic N) is 2. The van der Waals surface area contributed by atoms with Crippen molar-refractivity contribution >= 4 is 63.0 Å². The van der Waals surface area contributed by atoms with Crippen molar-refractivity contribution in [1.82, 2.24) is 9.97 Å². The Bertz CT molecular complexity index is 2600. The van der Waals surface area contributed by atoms with E-state index in [-0.39, 0.29) is 20.1 Å². The van der Waals surface area contributed by atoms with Crippen molar-refractivity contribution < 1.29 is 20.1 Å². The molecule has 0 amide bonds. The van der Waals surface area contributed by atoms with Crippen LogP contribution in [0.2, 0.25) is 0 Å². The maximum Gasteiger partial charge on any atom is 0.0451 e. The first-order chi connectivity index (χ1) is 23.5. The Morgan fingerprint density at radius 3 is 1.96 bits per heavy atom. The molecule has 0 fully saturated rings. The van der Waals surface area contributed by atoms with Crippen molar-refractivity contribution in [1.29, 1.82) is 0 Å². The second-order valence-corrected chi connectivity index (χ2v) is 14.3. The molecule has 9 aromatic rings. The molecule has 0 bridgehead atoms. The van der Waals surface area contributed by atoms with Gasteiger partial charge in [-0.25, -0.2) is 0 Å². The zero-order chi connectivity index (χ0) is 32.8. The molecule has 5 heteroatoms. The van der Waals surface area contributed by atoms with E-state index in [1.54, 1.807) is 0 Å². The summed E-state index contributed by atoms with van der Waals surface area (Å²) in [5, 5.41) is 5.46. The van der Waals surface area contributed by atoms with Gasteiger partial charge in [0.1, 0.15) is 0 Å². The maximum absolute atomic E-state index is 4.66. The molecule has 0 saturated heterocycles. The first-order valence-corrected chi connectivity index (χ1v) is 17.7. The first-order valence-electron chi connectivity index (χ1n) is 16.1. The van der Waals surface area contributed by atoms with Gasteiger partial charge in [-0.15, -0.1) is 94.0 Å². The minimum Gasteiger partial charge on any atom is -0.305 e. The number of fused-ring (bicyclic) bond motifs is 7. The normalized spacial score (nSPS) is 11.1. The Hall–Kier alpha value is -4.51. The first kappa shape index (κ1) is 33.0. The van der Waals surface area contributed by atoms with E-state index in [2.05, 4.69) is 135 Å². The van der Waals surface area contributed by atoms with Crippen molar-refractivity contribution in [2.45, 2.75) is 27.7 Å². The fraction of sp³-hybridized carbons (Fsp3) is 0.0909. The second kappa shape index (κ2) is 13.8. The van der Waals surface area contributed by atoms with Crippen LogP contribution in [-0.4, -0.2) is 9.97 Å². The van der Waals surface area contributed by atoms with Crippen molar-refractivity contribution in [3.8, 4) is 33.6 Å². The summed E-state index contributed by atoms with van der Waals surface area (Å²) in [6.45, 7) is 8.53. The predicted molar refractivity (Wildman–Crippen MR) is 207 cm³/mol. The number of aromatic nitrogens is 2. The number of benzene rings is 5. The van der Waals surface area contributed by atoms with Gasteiger partial charge in [-0.3, -0.25) is 0 Å². The van der Waals surface area contributed by atoms with Gasteiger partial charge >= 0.3 is 0 Å². The number of aryl methyl sites for hydroxylation is 4. The van der Waals surface area contributed by atoms with Gasteiger partial charge < -0.3 is 9.97 Å². The molecular weight excluding hydrogens is 813 g/mol. The fourth-order valence-electron chi connectivity index (χ4n) is 6.40. The minimum atomic E-state index is 0. The molecule has 5 aromatic carbocycles. The Balaban J connectivity index is 0.000000200. The van der Waals surface area contributed by atoms with Crippen molar-refractivity contribution in [2.24, 2.45) is 0 Å². The number of rotatable bonds is 3.